The summed E-state index contributed by atoms with van der Waals surface area (Å²) in [7, 11) is 0. The number of rotatable bonds is 0. The molecule has 0 amide bonds. The lowest BCUT2D eigenvalue weighted by molar-refractivity contribution is -0.253. The molecule has 29 heavy (non-hydrogen) atoms. The highest BCUT2D eigenvalue weighted by Gasteiger charge is 2.70. The summed E-state index contributed by atoms with van der Waals surface area (Å²) in [5.74, 6) is 0.910. The minimum atomic E-state index is -0.638. The van der Waals surface area contributed by atoms with Gasteiger partial charge in [-0.05, 0) is 72.5 Å². The largest absolute Gasteiger partial charge is 0.454 e. The number of hydrogen-bond acceptors (Lipinski definition) is 4. The summed E-state index contributed by atoms with van der Waals surface area (Å²) in [5, 5.41) is 22.5. The van der Waals surface area contributed by atoms with Gasteiger partial charge in [-0.3, -0.25) is 0 Å². The van der Waals surface area contributed by atoms with Gasteiger partial charge in [0.05, 0.1) is 12.2 Å². The van der Waals surface area contributed by atoms with Crippen LogP contribution in [0.5, 0.6) is 0 Å². The van der Waals surface area contributed by atoms with Gasteiger partial charge in [-0.1, -0.05) is 41.0 Å². The zero-order valence-corrected chi connectivity index (χ0v) is 18.7. The van der Waals surface area contributed by atoms with E-state index >= 15 is 0 Å². The molecule has 1 aliphatic heterocycles. The maximum Gasteiger partial charge on any atom is 0.331 e. The molecule has 0 bridgehead atoms. The molecule has 0 unspecified atom stereocenters. The van der Waals surface area contributed by atoms with E-state index in [1.54, 1.807) is 0 Å². The molecule has 4 heteroatoms. The van der Waals surface area contributed by atoms with Gasteiger partial charge in [-0.2, -0.15) is 0 Å². The maximum atomic E-state index is 12.1. The van der Waals surface area contributed by atoms with E-state index in [2.05, 4.69) is 34.6 Å². The molecular formula is C25H38O4. The number of carbonyl (C=O) groups is 1. The second-order valence-corrected chi connectivity index (χ2v) is 12.4. The predicted octanol–water partition coefficient (Wildman–Crippen LogP) is 4.24. The Morgan fingerprint density at radius 2 is 1.62 bits per heavy atom. The normalized spacial score (nSPS) is 55.7. The Bertz CT molecular complexity index is 771. The van der Waals surface area contributed by atoms with Crippen molar-refractivity contribution >= 4 is 5.97 Å². The Labute approximate surface area is 175 Å². The van der Waals surface area contributed by atoms with Gasteiger partial charge >= 0.3 is 5.97 Å². The lowest BCUT2D eigenvalue weighted by Crippen LogP contribution is -2.68. The number of aliphatic hydroxyl groups is 2. The highest BCUT2D eigenvalue weighted by atomic mass is 16.6. The van der Waals surface area contributed by atoms with E-state index in [-0.39, 0.29) is 22.7 Å². The molecule has 162 valence electrons. The molecule has 9 atom stereocenters. The van der Waals surface area contributed by atoms with Crippen molar-refractivity contribution in [3.63, 3.8) is 0 Å². The Morgan fingerprint density at radius 1 is 0.931 bits per heavy atom. The minimum absolute atomic E-state index is 0.0498. The van der Waals surface area contributed by atoms with Crippen molar-refractivity contribution in [1.29, 1.82) is 0 Å². The van der Waals surface area contributed by atoms with Gasteiger partial charge in [0.2, 0.25) is 0 Å². The quantitative estimate of drug-likeness (QED) is 0.595. The standard InChI is InChI=1S/C25H38O4/c1-22(2)8-6-9-23(3)16(22)7-10-24(4)17(23)13-19(27)25(5)18(24)12-15(26)14-11-20(28)29-21(14)25/h11,15-19,21,26-27H,6-10,12-13H2,1-5H3/t15-,16-,17+,18-,19-,21-,23-,24+,25+/m0/s1. The SMILES string of the molecule is CC1(C)CCC[C@]2(C)[C@H]3C[C@H](O)[C@]4(C)[C@H]5OC(=O)C=C5[C@@H](O)C[C@H]4[C@]3(C)CC[C@@H]12. The maximum absolute atomic E-state index is 12.1. The molecular weight excluding hydrogens is 364 g/mol. The summed E-state index contributed by atoms with van der Waals surface area (Å²) in [6.07, 6.45) is 7.41. The summed E-state index contributed by atoms with van der Waals surface area (Å²) in [6, 6.07) is 0. The van der Waals surface area contributed by atoms with Crippen LogP contribution >= 0.6 is 0 Å². The van der Waals surface area contributed by atoms with Crippen molar-refractivity contribution in [3.05, 3.63) is 11.6 Å². The highest BCUT2D eigenvalue weighted by Crippen LogP contribution is 2.73. The van der Waals surface area contributed by atoms with Crippen LogP contribution in [0.2, 0.25) is 0 Å². The fraction of sp³-hybridized carbons (Fsp3) is 0.880. The Kier molecular flexibility index (Phi) is 4.07. The van der Waals surface area contributed by atoms with E-state index in [9.17, 15) is 15.0 Å². The van der Waals surface area contributed by atoms with Crippen LogP contribution in [0, 0.1) is 39.4 Å². The lowest BCUT2D eigenvalue weighted by atomic mass is 9.35. The first kappa shape index (κ1) is 20.1. The van der Waals surface area contributed by atoms with Crippen LogP contribution in [-0.4, -0.2) is 34.5 Å². The van der Waals surface area contributed by atoms with Crippen molar-refractivity contribution < 1.29 is 19.7 Å². The van der Waals surface area contributed by atoms with Crippen LogP contribution in [0.1, 0.15) is 79.6 Å². The van der Waals surface area contributed by atoms with E-state index < -0.39 is 23.7 Å². The lowest BCUT2D eigenvalue weighted by Gasteiger charge is -2.70. The van der Waals surface area contributed by atoms with Crippen LogP contribution in [-0.2, 0) is 9.53 Å². The number of carbonyl (C=O) groups excluding carboxylic acids is 1. The van der Waals surface area contributed by atoms with Gasteiger partial charge in [0.1, 0.15) is 6.10 Å². The predicted molar refractivity (Wildman–Crippen MR) is 111 cm³/mol. The first-order valence-electron chi connectivity index (χ1n) is 11.7. The molecule has 0 aromatic heterocycles. The van der Waals surface area contributed by atoms with Crippen molar-refractivity contribution in [2.45, 2.75) is 97.9 Å². The average molecular weight is 403 g/mol. The number of hydrogen-bond donors (Lipinski definition) is 2. The number of esters is 1. The van der Waals surface area contributed by atoms with Crippen LogP contribution in [0.3, 0.4) is 0 Å². The highest BCUT2D eigenvalue weighted by molar-refractivity contribution is 5.86. The molecule has 4 fully saturated rings. The fourth-order valence-corrected chi connectivity index (χ4v) is 9.49. The third kappa shape index (κ3) is 2.36. The first-order valence-corrected chi connectivity index (χ1v) is 11.7. The van der Waals surface area contributed by atoms with Gasteiger partial charge < -0.3 is 14.9 Å². The van der Waals surface area contributed by atoms with E-state index in [1.807, 2.05) is 0 Å². The van der Waals surface area contributed by atoms with Crippen LogP contribution in [0.15, 0.2) is 11.6 Å². The molecule has 5 rings (SSSR count). The summed E-state index contributed by atoms with van der Waals surface area (Å²) >= 11 is 0. The van der Waals surface area contributed by atoms with Gasteiger partial charge in [0, 0.05) is 17.1 Å². The molecule has 0 aromatic carbocycles. The average Bonchev–Trinajstić information content (AvgIpc) is 3.02. The zero-order valence-electron chi connectivity index (χ0n) is 18.7. The molecule has 4 saturated carbocycles. The van der Waals surface area contributed by atoms with Crippen molar-refractivity contribution in [2.24, 2.45) is 39.4 Å². The van der Waals surface area contributed by atoms with E-state index in [0.717, 1.165) is 12.8 Å². The van der Waals surface area contributed by atoms with Crippen LogP contribution in [0.25, 0.3) is 0 Å². The molecule has 0 aromatic rings. The monoisotopic (exact) mass is 402 g/mol. The molecule has 0 spiro atoms. The first-order chi connectivity index (χ1) is 13.4. The Balaban J connectivity index is 1.59. The van der Waals surface area contributed by atoms with Crippen molar-refractivity contribution in [2.75, 3.05) is 0 Å². The Morgan fingerprint density at radius 3 is 2.34 bits per heavy atom. The Hall–Kier alpha value is -0.870. The third-order valence-corrected chi connectivity index (χ3v) is 10.8. The van der Waals surface area contributed by atoms with E-state index in [4.69, 9.17) is 4.74 Å². The van der Waals surface area contributed by atoms with Gasteiger partial charge in [-0.25, -0.2) is 4.79 Å². The molecule has 4 aliphatic carbocycles. The van der Waals surface area contributed by atoms with Gasteiger partial charge in [0.15, 0.2) is 0 Å². The zero-order chi connectivity index (χ0) is 21.0. The molecule has 0 saturated heterocycles. The van der Waals surface area contributed by atoms with Gasteiger partial charge in [-0.15, -0.1) is 0 Å². The summed E-state index contributed by atoms with van der Waals surface area (Å²) in [4.78, 5) is 12.1. The van der Waals surface area contributed by atoms with Crippen molar-refractivity contribution in [1.82, 2.24) is 0 Å². The molecule has 4 nitrogen and oxygen atoms in total. The number of aliphatic hydroxyl groups excluding tert-OH is 2. The van der Waals surface area contributed by atoms with E-state index in [1.165, 1.54) is 31.8 Å². The summed E-state index contributed by atoms with van der Waals surface area (Å²) in [5.41, 5.74) is 0.797. The van der Waals surface area contributed by atoms with Crippen molar-refractivity contribution in [3.8, 4) is 0 Å². The second kappa shape index (κ2) is 5.88. The van der Waals surface area contributed by atoms with Crippen LogP contribution in [0.4, 0.5) is 0 Å². The molecule has 5 aliphatic rings. The molecule has 2 N–H and O–H groups in total. The molecule has 0 radical (unpaired) electrons. The van der Waals surface area contributed by atoms with E-state index in [0.29, 0.717) is 29.2 Å². The fourth-order valence-electron chi connectivity index (χ4n) is 9.49. The minimum Gasteiger partial charge on any atom is -0.454 e. The summed E-state index contributed by atoms with van der Waals surface area (Å²) in [6.45, 7) is 11.9. The molecule has 1 heterocycles. The topological polar surface area (TPSA) is 66.8 Å². The number of ether oxygens (including phenoxy) is 1. The second-order valence-electron chi connectivity index (χ2n) is 12.4. The van der Waals surface area contributed by atoms with Gasteiger partial charge in [0.25, 0.3) is 0 Å². The smallest absolute Gasteiger partial charge is 0.331 e. The summed E-state index contributed by atoms with van der Waals surface area (Å²) < 4.78 is 5.72. The number of fused-ring (bicyclic) bond motifs is 7. The van der Waals surface area contributed by atoms with Crippen LogP contribution < -0.4 is 0 Å². The third-order valence-electron chi connectivity index (χ3n) is 10.8.